The van der Waals surface area contributed by atoms with Crippen molar-refractivity contribution in [3.63, 3.8) is 0 Å². The summed E-state index contributed by atoms with van der Waals surface area (Å²) in [6.45, 7) is 7.53. The second kappa shape index (κ2) is 8.53. The molecule has 0 bridgehead atoms. The standard InChI is InChI=1S/C22H29N5O3S/c1-14-24-25-19(31-14)16-6-10-23-13-18(16)26-11-7-15(8-12-26)20(28)27-17(21(29)30-4)5-9-22(27,2)3/h6,10,13,15,17H,5,7-9,11-12H2,1-4H3. The highest BCUT2D eigenvalue weighted by molar-refractivity contribution is 7.14. The van der Waals surface area contributed by atoms with E-state index in [2.05, 4.69) is 20.1 Å². The number of aromatic nitrogens is 3. The zero-order valence-corrected chi connectivity index (χ0v) is 19.3. The van der Waals surface area contributed by atoms with E-state index in [1.165, 1.54) is 7.11 Å². The van der Waals surface area contributed by atoms with E-state index in [1.54, 1.807) is 22.4 Å². The first-order valence-electron chi connectivity index (χ1n) is 10.7. The fraction of sp³-hybridized carbons (Fsp3) is 0.591. The Balaban J connectivity index is 1.48. The van der Waals surface area contributed by atoms with Gasteiger partial charge >= 0.3 is 5.97 Å². The number of aryl methyl sites for hydroxylation is 1. The van der Waals surface area contributed by atoms with Gasteiger partial charge in [0.15, 0.2) is 0 Å². The SMILES string of the molecule is COC(=O)C1CCC(C)(C)N1C(=O)C1CCN(c2cnccc2-c2nnc(C)s2)CC1. The lowest BCUT2D eigenvalue weighted by molar-refractivity contribution is -0.156. The predicted octanol–water partition coefficient (Wildman–Crippen LogP) is 3.07. The fourth-order valence-corrected chi connectivity index (χ4v) is 5.49. The second-order valence-corrected chi connectivity index (χ2v) is 10.1. The Hall–Kier alpha value is -2.55. The molecule has 4 heterocycles. The van der Waals surface area contributed by atoms with E-state index < -0.39 is 6.04 Å². The number of carbonyl (C=O) groups is 2. The summed E-state index contributed by atoms with van der Waals surface area (Å²) < 4.78 is 4.97. The van der Waals surface area contributed by atoms with E-state index in [9.17, 15) is 9.59 Å². The van der Waals surface area contributed by atoms with E-state index in [0.717, 1.165) is 53.6 Å². The van der Waals surface area contributed by atoms with Crippen molar-refractivity contribution in [1.29, 1.82) is 0 Å². The van der Waals surface area contributed by atoms with Crippen molar-refractivity contribution in [3.05, 3.63) is 23.5 Å². The minimum absolute atomic E-state index is 0.0729. The third kappa shape index (κ3) is 4.15. The number of anilines is 1. The molecule has 0 aromatic carbocycles. The van der Waals surface area contributed by atoms with Crippen LogP contribution in [0.5, 0.6) is 0 Å². The highest BCUT2D eigenvalue weighted by atomic mass is 32.1. The van der Waals surface area contributed by atoms with Gasteiger partial charge in [-0.15, -0.1) is 10.2 Å². The number of amides is 1. The summed E-state index contributed by atoms with van der Waals surface area (Å²) in [4.78, 5) is 34.1. The van der Waals surface area contributed by atoms with Gasteiger partial charge < -0.3 is 14.5 Å². The molecule has 0 saturated carbocycles. The molecule has 0 aliphatic carbocycles. The van der Waals surface area contributed by atoms with Crippen LogP contribution in [0.3, 0.4) is 0 Å². The molecule has 2 saturated heterocycles. The Morgan fingerprint density at radius 3 is 2.58 bits per heavy atom. The monoisotopic (exact) mass is 443 g/mol. The van der Waals surface area contributed by atoms with Gasteiger partial charge in [0.05, 0.1) is 19.0 Å². The second-order valence-electron chi connectivity index (χ2n) is 8.88. The molecule has 2 aliphatic rings. The zero-order chi connectivity index (χ0) is 22.2. The normalized spacial score (nSPS) is 21.4. The first-order chi connectivity index (χ1) is 14.8. The van der Waals surface area contributed by atoms with Crippen molar-refractivity contribution >= 4 is 28.9 Å². The van der Waals surface area contributed by atoms with Crippen LogP contribution >= 0.6 is 11.3 Å². The summed E-state index contributed by atoms with van der Waals surface area (Å²) in [5.74, 6) is -0.336. The van der Waals surface area contributed by atoms with Crippen LogP contribution in [0.1, 0.15) is 44.5 Å². The number of carbonyl (C=O) groups excluding carboxylic acids is 2. The third-order valence-corrected chi connectivity index (χ3v) is 7.32. The molecule has 2 aliphatic heterocycles. The summed E-state index contributed by atoms with van der Waals surface area (Å²) in [6, 6.07) is 1.50. The zero-order valence-electron chi connectivity index (χ0n) is 18.5. The van der Waals surface area contributed by atoms with Crippen LogP contribution in [0, 0.1) is 12.8 Å². The molecule has 1 amide bonds. The van der Waals surface area contributed by atoms with E-state index >= 15 is 0 Å². The maximum Gasteiger partial charge on any atom is 0.328 e. The van der Waals surface area contributed by atoms with Crippen LogP contribution in [0.2, 0.25) is 0 Å². The molecule has 2 fully saturated rings. The number of rotatable bonds is 4. The summed E-state index contributed by atoms with van der Waals surface area (Å²) in [5, 5.41) is 10.2. The van der Waals surface area contributed by atoms with Crippen LogP contribution in [0.25, 0.3) is 10.6 Å². The minimum Gasteiger partial charge on any atom is -0.467 e. The van der Waals surface area contributed by atoms with Crippen LogP contribution in [0.4, 0.5) is 5.69 Å². The molecular formula is C22H29N5O3S. The number of hydrogen-bond donors (Lipinski definition) is 0. The number of esters is 1. The molecule has 2 aromatic rings. The number of nitrogens with zero attached hydrogens (tertiary/aromatic N) is 5. The number of pyridine rings is 1. The van der Waals surface area contributed by atoms with Crippen molar-refractivity contribution in [3.8, 4) is 10.6 Å². The lowest BCUT2D eigenvalue weighted by atomic mass is 9.92. The van der Waals surface area contributed by atoms with E-state index in [0.29, 0.717) is 6.42 Å². The molecule has 2 aromatic heterocycles. The highest BCUT2D eigenvalue weighted by Gasteiger charge is 2.48. The van der Waals surface area contributed by atoms with Gasteiger partial charge in [-0.3, -0.25) is 9.78 Å². The van der Waals surface area contributed by atoms with Crippen LogP contribution in [-0.4, -0.2) is 63.7 Å². The van der Waals surface area contributed by atoms with Crippen LogP contribution in [0.15, 0.2) is 18.5 Å². The number of ether oxygens (including phenoxy) is 1. The number of piperidine rings is 1. The number of likely N-dealkylation sites (tertiary alicyclic amines) is 1. The van der Waals surface area contributed by atoms with E-state index in [-0.39, 0.29) is 23.3 Å². The van der Waals surface area contributed by atoms with Crippen molar-refractivity contribution in [2.75, 3.05) is 25.1 Å². The molecule has 4 rings (SSSR count). The molecule has 166 valence electrons. The minimum atomic E-state index is -0.476. The molecular weight excluding hydrogens is 414 g/mol. The Labute approximate surface area is 186 Å². The van der Waals surface area contributed by atoms with Gasteiger partial charge in [-0.25, -0.2) is 4.79 Å². The smallest absolute Gasteiger partial charge is 0.328 e. The average Bonchev–Trinajstić information content (AvgIpc) is 3.35. The molecule has 1 atom stereocenters. The maximum absolute atomic E-state index is 13.5. The predicted molar refractivity (Wildman–Crippen MR) is 119 cm³/mol. The van der Waals surface area contributed by atoms with Gasteiger partial charge in [0.1, 0.15) is 16.1 Å². The summed E-state index contributed by atoms with van der Waals surface area (Å²) >= 11 is 1.56. The van der Waals surface area contributed by atoms with Crippen LogP contribution < -0.4 is 4.90 Å². The van der Waals surface area contributed by atoms with Gasteiger partial charge in [0.25, 0.3) is 0 Å². The number of hydrogen-bond acceptors (Lipinski definition) is 8. The molecule has 8 nitrogen and oxygen atoms in total. The highest BCUT2D eigenvalue weighted by Crippen LogP contribution is 2.38. The molecule has 31 heavy (non-hydrogen) atoms. The Bertz CT molecular complexity index is 968. The van der Waals surface area contributed by atoms with Gasteiger partial charge in [-0.05, 0) is 52.5 Å². The lowest BCUT2D eigenvalue weighted by Gasteiger charge is -2.40. The van der Waals surface area contributed by atoms with Gasteiger partial charge in [-0.1, -0.05) is 11.3 Å². The number of methoxy groups -OCH3 is 1. The first-order valence-corrected chi connectivity index (χ1v) is 11.5. The van der Waals surface area contributed by atoms with E-state index in [4.69, 9.17) is 4.74 Å². The third-order valence-electron chi connectivity index (χ3n) is 6.45. The van der Waals surface area contributed by atoms with Gasteiger partial charge in [0, 0.05) is 36.3 Å². The first kappa shape index (κ1) is 21.7. The molecule has 0 spiro atoms. The summed E-state index contributed by atoms with van der Waals surface area (Å²) in [7, 11) is 1.39. The molecule has 0 N–H and O–H groups in total. The van der Waals surface area contributed by atoms with Gasteiger partial charge in [0.2, 0.25) is 5.91 Å². The quantitative estimate of drug-likeness (QED) is 0.671. The molecule has 9 heteroatoms. The average molecular weight is 444 g/mol. The fourth-order valence-electron chi connectivity index (χ4n) is 4.76. The summed E-state index contributed by atoms with van der Waals surface area (Å²) in [6.07, 6.45) is 6.58. The topological polar surface area (TPSA) is 88.5 Å². The maximum atomic E-state index is 13.5. The molecule has 1 unspecified atom stereocenters. The van der Waals surface area contributed by atoms with Crippen LogP contribution in [-0.2, 0) is 14.3 Å². The van der Waals surface area contributed by atoms with E-state index in [1.807, 2.05) is 33.0 Å². The van der Waals surface area contributed by atoms with Crippen molar-refractivity contribution in [2.24, 2.45) is 5.92 Å². The Morgan fingerprint density at radius 1 is 1.19 bits per heavy atom. The Kier molecular flexibility index (Phi) is 5.96. The lowest BCUT2D eigenvalue weighted by Crippen LogP contribution is -2.53. The van der Waals surface area contributed by atoms with Gasteiger partial charge in [-0.2, -0.15) is 0 Å². The van der Waals surface area contributed by atoms with Crippen molar-refractivity contribution in [2.45, 2.75) is 58.0 Å². The Morgan fingerprint density at radius 2 is 1.94 bits per heavy atom. The molecule has 0 radical (unpaired) electrons. The largest absolute Gasteiger partial charge is 0.467 e. The summed E-state index contributed by atoms with van der Waals surface area (Å²) in [5.41, 5.74) is 1.72. The van der Waals surface area contributed by atoms with Crippen molar-refractivity contribution < 1.29 is 14.3 Å². The van der Waals surface area contributed by atoms with Crippen molar-refractivity contribution in [1.82, 2.24) is 20.1 Å².